The molecular weight excluding hydrogens is 226 g/mol. The van der Waals surface area contributed by atoms with Gasteiger partial charge in [-0.2, -0.15) is 0 Å². The molecule has 3 rings (SSSR count). The number of fused-ring (bicyclic) bond motifs is 1. The van der Waals surface area contributed by atoms with Crippen LogP contribution in [0.4, 0.5) is 5.95 Å². The molecule has 0 radical (unpaired) electrons. The minimum Gasteiger partial charge on any atom is -0.391 e. The van der Waals surface area contributed by atoms with E-state index < -0.39 is 0 Å². The van der Waals surface area contributed by atoms with Gasteiger partial charge in [0.15, 0.2) is 0 Å². The Labute approximate surface area is 106 Å². The fourth-order valence-corrected chi connectivity index (χ4v) is 3.07. The van der Waals surface area contributed by atoms with E-state index in [1.807, 2.05) is 16.7 Å². The Bertz CT molecular complexity index is 576. The highest BCUT2D eigenvalue weighted by molar-refractivity contribution is 5.81. The summed E-state index contributed by atoms with van der Waals surface area (Å²) in [5.74, 6) is 0.519. The van der Waals surface area contributed by atoms with Crippen molar-refractivity contribution >= 4 is 17.0 Å². The van der Waals surface area contributed by atoms with E-state index in [4.69, 9.17) is 5.73 Å². The molecule has 3 N–H and O–H groups in total. The van der Waals surface area contributed by atoms with Gasteiger partial charge in [-0.1, -0.05) is 25.0 Å². The fraction of sp³-hybridized carbons (Fsp3) is 0.500. The third-order valence-electron chi connectivity index (χ3n) is 3.96. The molecule has 1 aliphatic carbocycles. The van der Waals surface area contributed by atoms with Crippen molar-refractivity contribution in [3.8, 4) is 0 Å². The van der Waals surface area contributed by atoms with Crippen molar-refractivity contribution < 1.29 is 5.11 Å². The summed E-state index contributed by atoms with van der Waals surface area (Å²) < 4.78 is 2.04. The molecule has 0 bridgehead atoms. The summed E-state index contributed by atoms with van der Waals surface area (Å²) in [4.78, 5) is 4.41. The number of hydrogen-bond acceptors (Lipinski definition) is 3. The van der Waals surface area contributed by atoms with Crippen molar-refractivity contribution in [3.05, 3.63) is 23.8 Å². The maximum atomic E-state index is 10.2. The van der Waals surface area contributed by atoms with E-state index >= 15 is 0 Å². The largest absolute Gasteiger partial charge is 0.391 e. The fourth-order valence-electron chi connectivity index (χ4n) is 3.07. The van der Waals surface area contributed by atoms with Crippen LogP contribution >= 0.6 is 0 Å². The number of rotatable bonds is 1. The molecule has 2 unspecified atom stereocenters. The first kappa shape index (κ1) is 11.5. The van der Waals surface area contributed by atoms with Crippen LogP contribution in [-0.2, 0) is 0 Å². The second kappa shape index (κ2) is 4.28. The zero-order valence-corrected chi connectivity index (χ0v) is 10.6. The van der Waals surface area contributed by atoms with Gasteiger partial charge in [-0.3, -0.25) is 0 Å². The van der Waals surface area contributed by atoms with Crippen molar-refractivity contribution in [1.82, 2.24) is 9.55 Å². The number of aliphatic hydroxyl groups excluding tert-OH is 1. The van der Waals surface area contributed by atoms with Crippen molar-refractivity contribution in [3.63, 3.8) is 0 Å². The van der Waals surface area contributed by atoms with Gasteiger partial charge in [0.25, 0.3) is 0 Å². The Kier molecular flexibility index (Phi) is 2.74. The predicted molar refractivity (Wildman–Crippen MR) is 72.4 cm³/mol. The Balaban J connectivity index is 2.18. The SMILES string of the molecule is Cc1cccc2nc(N)n(C3CCCCC3O)c12. The van der Waals surface area contributed by atoms with E-state index in [2.05, 4.69) is 18.0 Å². The van der Waals surface area contributed by atoms with Gasteiger partial charge >= 0.3 is 0 Å². The maximum Gasteiger partial charge on any atom is 0.201 e. The molecule has 1 aromatic heterocycles. The first-order valence-corrected chi connectivity index (χ1v) is 6.59. The molecule has 1 heterocycles. The highest BCUT2D eigenvalue weighted by Crippen LogP contribution is 2.34. The first-order chi connectivity index (χ1) is 8.68. The molecule has 0 saturated heterocycles. The lowest BCUT2D eigenvalue weighted by atomic mass is 9.92. The molecule has 2 atom stereocenters. The Hall–Kier alpha value is -1.55. The van der Waals surface area contributed by atoms with Crippen LogP contribution in [0, 0.1) is 6.92 Å². The normalized spacial score (nSPS) is 24.6. The lowest BCUT2D eigenvalue weighted by Crippen LogP contribution is -2.28. The molecule has 2 aromatic rings. The predicted octanol–water partition coefficient (Wildman–Crippen LogP) is 2.40. The van der Waals surface area contributed by atoms with E-state index in [0.29, 0.717) is 5.95 Å². The average molecular weight is 245 g/mol. The standard InChI is InChI=1S/C14H19N3O/c1-9-5-4-6-10-13(9)17(14(15)16-10)11-7-2-3-8-12(11)18/h4-6,11-12,18H,2-3,7-8H2,1H3,(H2,15,16). The topological polar surface area (TPSA) is 64.1 Å². The third-order valence-corrected chi connectivity index (χ3v) is 3.96. The molecule has 1 aliphatic rings. The summed E-state index contributed by atoms with van der Waals surface area (Å²) in [5, 5.41) is 10.2. The zero-order chi connectivity index (χ0) is 12.7. The number of nitrogen functional groups attached to an aromatic ring is 1. The van der Waals surface area contributed by atoms with Gasteiger partial charge in [0.05, 0.1) is 23.2 Å². The van der Waals surface area contributed by atoms with E-state index in [1.165, 1.54) is 0 Å². The van der Waals surface area contributed by atoms with Crippen LogP contribution in [0.15, 0.2) is 18.2 Å². The summed E-state index contributed by atoms with van der Waals surface area (Å²) in [7, 11) is 0. The van der Waals surface area contributed by atoms with Gasteiger partial charge in [-0.15, -0.1) is 0 Å². The number of hydrogen-bond donors (Lipinski definition) is 2. The van der Waals surface area contributed by atoms with Gasteiger partial charge in [-0.25, -0.2) is 4.98 Å². The van der Waals surface area contributed by atoms with Gasteiger partial charge in [0.1, 0.15) is 0 Å². The molecule has 0 spiro atoms. The van der Waals surface area contributed by atoms with Crippen LogP contribution in [0.2, 0.25) is 0 Å². The van der Waals surface area contributed by atoms with E-state index in [1.54, 1.807) is 0 Å². The highest BCUT2D eigenvalue weighted by Gasteiger charge is 2.28. The molecule has 1 saturated carbocycles. The van der Waals surface area contributed by atoms with Gasteiger partial charge < -0.3 is 15.4 Å². The van der Waals surface area contributed by atoms with E-state index in [0.717, 1.165) is 42.3 Å². The van der Waals surface area contributed by atoms with Crippen molar-refractivity contribution in [2.24, 2.45) is 0 Å². The summed E-state index contributed by atoms with van der Waals surface area (Å²) in [6.45, 7) is 2.06. The van der Waals surface area contributed by atoms with Crippen LogP contribution in [-0.4, -0.2) is 20.8 Å². The Morgan fingerprint density at radius 1 is 1.33 bits per heavy atom. The van der Waals surface area contributed by atoms with Crippen LogP contribution in [0.1, 0.15) is 37.3 Å². The molecule has 4 nitrogen and oxygen atoms in total. The molecule has 1 fully saturated rings. The van der Waals surface area contributed by atoms with Crippen LogP contribution < -0.4 is 5.73 Å². The van der Waals surface area contributed by atoms with Crippen molar-refractivity contribution in [2.75, 3.05) is 5.73 Å². The lowest BCUT2D eigenvalue weighted by Gasteiger charge is -2.30. The first-order valence-electron chi connectivity index (χ1n) is 6.59. The number of nitrogens with zero attached hydrogens (tertiary/aromatic N) is 2. The number of para-hydroxylation sites is 1. The van der Waals surface area contributed by atoms with Crippen molar-refractivity contribution in [2.45, 2.75) is 44.8 Å². The summed E-state index contributed by atoms with van der Waals surface area (Å²) in [5.41, 5.74) is 9.21. The number of nitrogens with two attached hydrogens (primary N) is 1. The molecule has 1 aromatic carbocycles. The third kappa shape index (κ3) is 1.68. The molecule has 0 aliphatic heterocycles. The molecule has 0 amide bonds. The molecule has 96 valence electrons. The Morgan fingerprint density at radius 2 is 2.11 bits per heavy atom. The minimum atomic E-state index is -0.307. The number of aromatic nitrogens is 2. The molecular formula is C14H19N3O. The van der Waals surface area contributed by atoms with Gasteiger partial charge in [0, 0.05) is 0 Å². The van der Waals surface area contributed by atoms with Crippen LogP contribution in [0.25, 0.3) is 11.0 Å². The Morgan fingerprint density at radius 3 is 2.89 bits per heavy atom. The number of benzene rings is 1. The zero-order valence-electron chi connectivity index (χ0n) is 10.6. The number of imidazole rings is 1. The van der Waals surface area contributed by atoms with Gasteiger partial charge in [-0.05, 0) is 31.4 Å². The molecule has 18 heavy (non-hydrogen) atoms. The van der Waals surface area contributed by atoms with Crippen LogP contribution in [0.3, 0.4) is 0 Å². The van der Waals surface area contributed by atoms with Gasteiger partial charge in [0.2, 0.25) is 5.95 Å². The summed E-state index contributed by atoms with van der Waals surface area (Å²) >= 11 is 0. The second-order valence-electron chi connectivity index (χ2n) is 5.20. The monoisotopic (exact) mass is 245 g/mol. The lowest BCUT2D eigenvalue weighted by molar-refractivity contribution is 0.0782. The smallest absolute Gasteiger partial charge is 0.201 e. The highest BCUT2D eigenvalue weighted by atomic mass is 16.3. The van der Waals surface area contributed by atoms with Crippen LogP contribution in [0.5, 0.6) is 0 Å². The number of aliphatic hydroxyl groups is 1. The number of anilines is 1. The second-order valence-corrected chi connectivity index (χ2v) is 5.20. The summed E-state index contributed by atoms with van der Waals surface area (Å²) in [6.07, 6.45) is 3.77. The quantitative estimate of drug-likeness (QED) is 0.811. The minimum absolute atomic E-state index is 0.0739. The van der Waals surface area contributed by atoms with E-state index in [9.17, 15) is 5.11 Å². The summed E-state index contributed by atoms with van der Waals surface area (Å²) in [6, 6.07) is 6.11. The number of aryl methyl sites for hydroxylation is 1. The molecule has 4 heteroatoms. The van der Waals surface area contributed by atoms with E-state index in [-0.39, 0.29) is 12.1 Å². The maximum absolute atomic E-state index is 10.2. The average Bonchev–Trinajstić information content (AvgIpc) is 2.68. The van der Waals surface area contributed by atoms with Crippen molar-refractivity contribution in [1.29, 1.82) is 0 Å².